The molecule has 0 bridgehead atoms. The molecule has 114 valence electrons. The van der Waals surface area contributed by atoms with E-state index in [1.165, 1.54) is 0 Å². The van der Waals surface area contributed by atoms with Gasteiger partial charge >= 0.3 is 0 Å². The largest absolute Gasteiger partial charge is 0.381 e. The second-order valence-electron chi connectivity index (χ2n) is 6.11. The molecule has 5 heteroatoms. The maximum Gasteiger partial charge on any atom is 0.111 e. The van der Waals surface area contributed by atoms with Crippen LogP contribution in [0.1, 0.15) is 25.6 Å². The molecule has 0 amide bonds. The second-order valence-corrected chi connectivity index (χ2v) is 6.92. The third-order valence-electron chi connectivity index (χ3n) is 4.35. The molecule has 21 heavy (non-hydrogen) atoms. The summed E-state index contributed by atoms with van der Waals surface area (Å²) in [6.45, 7) is 4.96. The lowest BCUT2D eigenvalue weighted by atomic mass is 9.82. The lowest BCUT2D eigenvalue weighted by Gasteiger charge is -2.34. The van der Waals surface area contributed by atoms with Crippen molar-refractivity contribution in [2.24, 2.45) is 5.41 Å². The second kappa shape index (κ2) is 6.15. The van der Waals surface area contributed by atoms with Gasteiger partial charge in [0, 0.05) is 37.1 Å². The van der Waals surface area contributed by atoms with E-state index >= 15 is 0 Å². The van der Waals surface area contributed by atoms with Crippen LogP contribution < -0.4 is 0 Å². The van der Waals surface area contributed by atoms with E-state index in [1.807, 2.05) is 18.2 Å². The van der Waals surface area contributed by atoms with E-state index in [1.54, 1.807) is 0 Å². The van der Waals surface area contributed by atoms with Crippen molar-refractivity contribution < 1.29 is 4.74 Å². The van der Waals surface area contributed by atoms with Crippen molar-refractivity contribution in [3.63, 3.8) is 0 Å². The first-order valence-electron chi connectivity index (χ1n) is 7.40. The van der Waals surface area contributed by atoms with Crippen molar-refractivity contribution in [1.82, 2.24) is 9.55 Å². The first kappa shape index (κ1) is 15.1. The molecule has 0 saturated carbocycles. The number of ether oxygens (including phenoxy) is 1. The van der Waals surface area contributed by atoms with Crippen LogP contribution >= 0.6 is 23.2 Å². The van der Waals surface area contributed by atoms with Gasteiger partial charge in [0.1, 0.15) is 5.82 Å². The van der Waals surface area contributed by atoms with Crippen LogP contribution in [0.4, 0.5) is 0 Å². The summed E-state index contributed by atoms with van der Waals surface area (Å²) in [5, 5.41) is 0.748. The Bertz CT molecular complexity index is 632. The topological polar surface area (TPSA) is 27.1 Å². The normalized spacial score (nSPS) is 18.2. The third kappa shape index (κ3) is 3.20. The first-order chi connectivity index (χ1) is 10.1. The molecule has 3 nitrogen and oxygen atoms in total. The Hall–Kier alpha value is -0.770. The van der Waals surface area contributed by atoms with Crippen LogP contribution in [-0.2, 0) is 17.7 Å². The van der Waals surface area contributed by atoms with Crippen LogP contribution in [0.25, 0.3) is 11.0 Å². The van der Waals surface area contributed by atoms with Gasteiger partial charge in [-0.05, 0) is 36.5 Å². The molecular formula is C16H20Cl2N2O. The summed E-state index contributed by atoms with van der Waals surface area (Å²) in [5.41, 5.74) is 2.35. The van der Waals surface area contributed by atoms with Gasteiger partial charge in [0.15, 0.2) is 0 Å². The summed E-state index contributed by atoms with van der Waals surface area (Å²) in [7, 11) is 0. The Morgan fingerprint density at radius 3 is 2.81 bits per heavy atom. The van der Waals surface area contributed by atoms with E-state index in [2.05, 4.69) is 11.5 Å². The van der Waals surface area contributed by atoms with Crippen LogP contribution in [0, 0.1) is 5.41 Å². The van der Waals surface area contributed by atoms with Gasteiger partial charge in [0.05, 0.1) is 11.0 Å². The van der Waals surface area contributed by atoms with Crippen LogP contribution in [0.5, 0.6) is 0 Å². The number of nitrogens with zero attached hydrogens (tertiary/aromatic N) is 2. The summed E-state index contributed by atoms with van der Waals surface area (Å²) in [4.78, 5) is 4.73. The fourth-order valence-electron chi connectivity index (χ4n) is 3.00. The molecule has 0 radical (unpaired) electrons. The molecule has 1 aromatic carbocycles. The Morgan fingerprint density at radius 1 is 1.33 bits per heavy atom. The number of imidazole rings is 1. The molecular weight excluding hydrogens is 307 g/mol. The molecule has 0 unspecified atom stereocenters. The highest BCUT2D eigenvalue weighted by Crippen LogP contribution is 2.34. The van der Waals surface area contributed by atoms with Crippen molar-refractivity contribution in [3.05, 3.63) is 29.0 Å². The van der Waals surface area contributed by atoms with E-state index in [4.69, 9.17) is 32.9 Å². The summed E-state index contributed by atoms with van der Waals surface area (Å²) < 4.78 is 7.80. The number of hydrogen-bond acceptors (Lipinski definition) is 2. The molecule has 0 spiro atoms. The van der Waals surface area contributed by atoms with Gasteiger partial charge in [-0.2, -0.15) is 0 Å². The third-order valence-corrected chi connectivity index (χ3v) is 4.77. The molecule has 1 aliphatic heterocycles. The fourth-order valence-corrected chi connectivity index (χ4v) is 3.34. The van der Waals surface area contributed by atoms with E-state index in [-0.39, 0.29) is 5.41 Å². The van der Waals surface area contributed by atoms with E-state index in [9.17, 15) is 0 Å². The van der Waals surface area contributed by atoms with Crippen LogP contribution in [0.2, 0.25) is 5.02 Å². The molecule has 0 aliphatic carbocycles. The minimum atomic E-state index is 0.245. The maximum atomic E-state index is 6.17. The van der Waals surface area contributed by atoms with Gasteiger partial charge in [-0.3, -0.25) is 0 Å². The molecule has 1 aromatic heterocycles. The zero-order valence-corrected chi connectivity index (χ0v) is 13.8. The van der Waals surface area contributed by atoms with Crippen LogP contribution in [-0.4, -0.2) is 28.6 Å². The van der Waals surface area contributed by atoms with Crippen LogP contribution in [0.15, 0.2) is 18.2 Å². The van der Waals surface area contributed by atoms with Crippen molar-refractivity contribution in [2.75, 3.05) is 19.1 Å². The number of aromatic nitrogens is 2. The summed E-state index contributed by atoms with van der Waals surface area (Å²) in [6.07, 6.45) is 2.93. The van der Waals surface area contributed by atoms with E-state index < -0.39 is 0 Å². The van der Waals surface area contributed by atoms with Gasteiger partial charge in [-0.15, -0.1) is 11.6 Å². The summed E-state index contributed by atoms with van der Waals surface area (Å²) >= 11 is 12.1. The van der Waals surface area contributed by atoms with Gasteiger partial charge in [0.2, 0.25) is 0 Å². The molecule has 0 atom stereocenters. The quantitative estimate of drug-likeness (QED) is 0.784. The Labute approximate surface area is 135 Å². The Morgan fingerprint density at radius 2 is 2.10 bits per heavy atom. The molecule has 2 heterocycles. The predicted octanol–water partition coefficient (Wildman–Crippen LogP) is 4.29. The number of rotatable bonds is 4. The molecule has 0 N–H and O–H groups in total. The summed E-state index contributed by atoms with van der Waals surface area (Å²) in [5.74, 6) is 1.63. The van der Waals surface area contributed by atoms with Crippen molar-refractivity contribution >= 4 is 34.2 Å². The average Bonchev–Trinajstić information content (AvgIpc) is 2.77. The number of aryl methyl sites for hydroxylation is 1. The minimum Gasteiger partial charge on any atom is -0.381 e. The number of hydrogen-bond donors (Lipinski definition) is 0. The molecule has 1 aliphatic rings. The number of benzene rings is 1. The van der Waals surface area contributed by atoms with E-state index in [0.29, 0.717) is 5.88 Å². The average molecular weight is 327 g/mol. The zero-order valence-electron chi connectivity index (χ0n) is 12.2. The van der Waals surface area contributed by atoms with Gasteiger partial charge in [-0.1, -0.05) is 18.5 Å². The smallest absolute Gasteiger partial charge is 0.111 e. The Kier molecular flexibility index (Phi) is 4.43. The summed E-state index contributed by atoms with van der Waals surface area (Å²) in [6, 6.07) is 5.88. The number of halogens is 2. The lowest BCUT2D eigenvalue weighted by molar-refractivity contribution is 0.0157. The highest BCUT2D eigenvalue weighted by molar-refractivity contribution is 6.31. The molecule has 2 aromatic rings. The van der Waals surface area contributed by atoms with Crippen molar-refractivity contribution in [3.8, 4) is 0 Å². The molecule has 1 saturated heterocycles. The maximum absolute atomic E-state index is 6.17. The Balaban J connectivity index is 2.01. The van der Waals surface area contributed by atoms with Gasteiger partial charge in [-0.25, -0.2) is 4.98 Å². The fraction of sp³-hybridized carbons (Fsp3) is 0.562. The molecule has 3 rings (SSSR count). The number of fused-ring (bicyclic) bond motifs is 1. The molecule has 1 fully saturated rings. The van der Waals surface area contributed by atoms with Crippen molar-refractivity contribution in [1.29, 1.82) is 0 Å². The highest BCUT2D eigenvalue weighted by Gasteiger charge is 2.29. The minimum absolute atomic E-state index is 0.245. The monoisotopic (exact) mass is 326 g/mol. The highest BCUT2D eigenvalue weighted by atomic mass is 35.5. The van der Waals surface area contributed by atoms with Crippen molar-refractivity contribution in [2.45, 2.75) is 32.7 Å². The lowest BCUT2D eigenvalue weighted by Crippen LogP contribution is -2.31. The van der Waals surface area contributed by atoms with Gasteiger partial charge in [0.25, 0.3) is 0 Å². The zero-order chi connectivity index (χ0) is 14.9. The van der Waals surface area contributed by atoms with Gasteiger partial charge < -0.3 is 9.30 Å². The standard InChI is InChI=1S/C16H20Cl2N2O/c1-16(5-8-21-9-6-16)11-20-14-10-12(18)2-3-13(14)19-15(20)4-7-17/h2-3,10H,4-9,11H2,1H3. The van der Waals surface area contributed by atoms with Crippen LogP contribution in [0.3, 0.4) is 0 Å². The predicted molar refractivity (Wildman–Crippen MR) is 87.3 cm³/mol. The SMILES string of the molecule is CC1(Cn2c(CCCl)nc3ccc(Cl)cc32)CCOCC1. The number of alkyl halides is 1. The first-order valence-corrected chi connectivity index (χ1v) is 8.31. The van der Waals surface area contributed by atoms with E-state index in [0.717, 1.165) is 60.9 Å².